The molecular weight excluding hydrogens is 657 g/mol. The molecule has 2 aromatic heterocycles. The second-order valence-electron chi connectivity index (χ2n) is 14.3. The predicted molar refractivity (Wildman–Crippen MR) is 187 cm³/mol. The number of amides is 4. The minimum absolute atomic E-state index is 0.0375. The first-order valence-electron chi connectivity index (χ1n) is 17.4. The standard InChI is InChI=1S/C37H48FN7O6/c1-22(2)29(31(47)35-44-43-34(51-35)24-15-17-25(38)18-16-24)41-33(49)27-13-11-21-45(27)36(50)30(23(3)4)40-28(46)14-7-9-19-37(5,6)42-32(48)26-12-8-10-20-39-26/h8,10,12,15-18,20,22-23,27,29-30H,7,9,11,13-14,19,21H2,1-6H3,(H,40,46)(H,41,49)(H,42,48)/t27-,29?,30?/m0/s1. The average Bonchev–Trinajstić information content (AvgIpc) is 3.79. The molecule has 1 fully saturated rings. The lowest BCUT2D eigenvalue weighted by Gasteiger charge is -2.31. The van der Waals surface area contributed by atoms with Crippen LogP contribution in [0.1, 0.15) is 101 Å². The van der Waals surface area contributed by atoms with Gasteiger partial charge >= 0.3 is 0 Å². The third-order valence-corrected chi connectivity index (χ3v) is 8.87. The second kappa shape index (κ2) is 17.3. The molecule has 0 aliphatic carbocycles. The molecule has 2 unspecified atom stereocenters. The maximum absolute atomic E-state index is 13.8. The zero-order valence-electron chi connectivity index (χ0n) is 30.1. The largest absolute Gasteiger partial charge is 0.414 e. The lowest BCUT2D eigenvalue weighted by Crippen LogP contribution is -2.57. The Hall–Kier alpha value is -5.01. The molecule has 1 aliphatic heterocycles. The number of unbranched alkanes of at least 4 members (excludes halogenated alkanes) is 1. The Balaban J connectivity index is 1.31. The van der Waals surface area contributed by atoms with Gasteiger partial charge in [-0.05, 0) is 87.8 Å². The van der Waals surface area contributed by atoms with Gasteiger partial charge in [0.05, 0.1) is 6.04 Å². The fourth-order valence-corrected chi connectivity index (χ4v) is 5.97. The molecule has 0 spiro atoms. The number of likely N-dealkylation sites (tertiary alicyclic amines) is 1. The van der Waals surface area contributed by atoms with E-state index in [0.29, 0.717) is 49.9 Å². The molecule has 3 heterocycles. The molecule has 0 radical (unpaired) electrons. The van der Waals surface area contributed by atoms with Crippen LogP contribution in [0.4, 0.5) is 4.39 Å². The lowest BCUT2D eigenvalue weighted by atomic mass is 9.96. The van der Waals surface area contributed by atoms with E-state index < -0.39 is 41.2 Å². The Bertz CT molecular complexity index is 1680. The van der Waals surface area contributed by atoms with Crippen molar-refractivity contribution in [3.8, 4) is 11.5 Å². The molecule has 3 atom stereocenters. The number of carbonyl (C=O) groups is 5. The third kappa shape index (κ3) is 10.5. The van der Waals surface area contributed by atoms with Crippen molar-refractivity contribution in [1.82, 2.24) is 36.0 Å². The number of nitrogens with one attached hydrogen (secondary N) is 3. The van der Waals surface area contributed by atoms with Gasteiger partial charge in [-0.3, -0.25) is 29.0 Å². The molecule has 4 amide bonds. The van der Waals surface area contributed by atoms with Crippen LogP contribution in [-0.4, -0.2) is 79.7 Å². The number of Topliss-reactive ketones (excluding diaryl/α,β-unsaturated/α-hetero) is 1. The lowest BCUT2D eigenvalue weighted by molar-refractivity contribution is -0.142. The van der Waals surface area contributed by atoms with Gasteiger partial charge in [-0.15, -0.1) is 10.2 Å². The number of aromatic nitrogens is 3. The van der Waals surface area contributed by atoms with Crippen LogP contribution in [0.5, 0.6) is 0 Å². The van der Waals surface area contributed by atoms with Crippen molar-refractivity contribution < 1.29 is 32.8 Å². The van der Waals surface area contributed by atoms with Crippen LogP contribution in [0.25, 0.3) is 11.5 Å². The summed E-state index contributed by atoms with van der Waals surface area (Å²) < 4.78 is 18.9. The summed E-state index contributed by atoms with van der Waals surface area (Å²) in [5.41, 5.74) is 0.262. The Kier molecular flexibility index (Phi) is 13.1. The molecule has 0 bridgehead atoms. The molecule has 3 N–H and O–H groups in total. The maximum Gasteiger partial charge on any atom is 0.286 e. The quantitative estimate of drug-likeness (QED) is 0.143. The Labute approximate surface area is 297 Å². The smallest absolute Gasteiger partial charge is 0.286 e. The highest BCUT2D eigenvalue weighted by molar-refractivity contribution is 6.00. The number of rotatable bonds is 16. The molecule has 0 saturated carbocycles. The zero-order chi connectivity index (χ0) is 37.3. The number of carbonyl (C=O) groups excluding carboxylic acids is 5. The molecule has 274 valence electrons. The summed E-state index contributed by atoms with van der Waals surface area (Å²) in [5.74, 6) is -3.26. The van der Waals surface area contributed by atoms with E-state index in [1.165, 1.54) is 29.2 Å². The molecular formula is C37H48FN7O6. The van der Waals surface area contributed by atoms with E-state index in [0.717, 1.165) is 0 Å². The van der Waals surface area contributed by atoms with Gasteiger partial charge in [-0.25, -0.2) is 4.39 Å². The van der Waals surface area contributed by atoms with Gasteiger partial charge in [0.2, 0.25) is 29.4 Å². The number of pyridine rings is 1. The molecule has 51 heavy (non-hydrogen) atoms. The normalized spacial score (nSPS) is 15.8. The highest BCUT2D eigenvalue weighted by Crippen LogP contribution is 2.23. The summed E-state index contributed by atoms with van der Waals surface area (Å²) in [4.78, 5) is 71.9. The van der Waals surface area contributed by atoms with Gasteiger partial charge < -0.3 is 25.3 Å². The number of hydrogen-bond donors (Lipinski definition) is 3. The van der Waals surface area contributed by atoms with Crippen LogP contribution in [0.15, 0.2) is 53.1 Å². The van der Waals surface area contributed by atoms with Crippen molar-refractivity contribution in [2.45, 2.75) is 104 Å². The minimum Gasteiger partial charge on any atom is -0.414 e. The van der Waals surface area contributed by atoms with E-state index in [4.69, 9.17) is 4.42 Å². The van der Waals surface area contributed by atoms with Crippen molar-refractivity contribution >= 4 is 29.4 Å². The first-order chi connectivity index (χ1) is 24.2. The Morgan fingerprint density at radius 3 is 2.29 bits per heavy atom. The fraction of sp³-hybridized carbons (Fsp3) is 0.514. The molecule has 1 aromatic carbocycles. The Morgan fingerprint density at radius 2 is 1.65 bits per heavy atom. The molecule has 13 nitrogen and oxygen atoms in total. The fourth-order valence-electron chi connectivity index (χ4n) is 5.97. The molecule has 1 saturated heterocycles. The molecule has 14 heteroatoms. The summed E-state index contributed by atoms with van der Waals surface area (Å²) in [5, 5.41) is 16.4. The minimum atomic E-state index is -1.01. The Morgan fingerprint density at radius 1 is 0.941 bits per heavy atom. The molecule has 4 rings (SSSR count). The van der Waals surface area contributed by atoms with E-state index in [1.807, 2.05) is 27.7 Å². The topological polar surface area (TPSA) is 176 Å². The number of ketones is 1. The van der Waals surface area contributed by atoms with Crippen LogP contribution in [0.3, 0.4) is 0 Å². The van der Waals surface area contributed by atoms with Gasteiger partial charge in [-0.2, -0.15) is 0 Å². The highest BCUT2D eigenvalue weighted by atomic mass is 19.1. The van der Waals surface area contributed by atoms with Crippen molar-refractivity contribution in [3.05, 3.63) is 66.1 Å². The number of benzene rings is 1. The first-order valence-corrected chi connectivity index (χ1v) is 17.4. The SMILES string of the molecule is CC(C)C(NC(=O)[C@@H]1CCCN1C(=O)C(NC(=O)CCCCC(C)(C)NC(=O)c1ccccn1)C(C)C)C(=O)c1nnc(-c2ccc(F)cc2)o1. The zero-order valence-corrected chi connectivity index (χ0v) is 30.1. The summed E-state index contributed by atoms with van der Waals surface area (Å²) in [6, 6.07) is 7.84. The third-order valence-electron chi connectivity index (χ3n) is 8.87. The summed E-state index contributed by atoms with van der Waals surface area (Å²) >= 11 is 0. The van der Waals surface area contributed by atoms with Crippen LogP contribution in [0.2, 0.25) is 0 Å². The van der Waals surface area contributed by atoms with Crippen LogP contribution in [0, 0.1) is 17.7 Å². The predicted octanol–water partition coefficient (Wildman–Crippen LogP) is 4.50. The summed E-state index contributed by atoms with van der Waals surface area (Å²) in [7, 11) is 0. The van der Waals surface area contributed by atoms with Gasteiger partial charge in [0.25, 0.3) is 11.8 Å². The van der Waals surface area contributed by atoms with Crippen LogP contribution >= 0.6 is 0 Å². The monoisotopic (exact) mass is 705 g/mol. The van der Waals surface area contributed by atoms with Gasteiger partial charge in [0, 0.05) is 30.3 Å². The highest BCUT2D eigenvalue weighted by Gasteiger charge is 2.40. The maximum atomic E-state index is 13.8. The van der Waals surface area contributed by atoms with Crippen molar-refractivity contribution in [2.24, 2.45) is 11.8 Å². The molecule has 3 aromatic rings. The van der Waals surface area contributed by atoms with Gasteiger partial charge in [-0.1, -0.05) is 40.2 Å². The van der Waals surface area contributed by atoms with Crippen LogP contribution < -0.4 is 16.0 Å². The van der Waals surface area contributed by atoms with E-state index in [9.17, 15) is 28.4 Å². The second-order valence-corrected chi connectivity index (χ2v) is 14.3. The van der Waals surface area contributed by atoms with E-state index in [1.54, 1.807) is 38.2 Å². The van der Waals surface area contributed by atoms with Crippen molar-refractivity contribution in [3.63, 3.8) is 0 Å². The number of nitrogens with zero attached hydrogens (tertiary/aromatic N) is 4. The van der Waals surface area contributed by atoms with Gasteiger partial charge in [0.1, 0.15) is 23.6 Å². The van der Waals surface area contributed by atoms with E-state index >= 15 is 0 Å². The van der Waals surface area contributed by atoms with Crippen molar-refractivity contribution in [2.75, 3.05) is 6.54 Å². The first kappa shape index (κ1) is 38.8. The van der Waals surface area contributed by atoms with E-state index in [-0.39, 0.29) is 47.8 Å². The van der Waals surface area contributed by atoms with Crippen LogP contribution in [-0.2, 0) is 14.4 Å². The van der Waals surface area contributed by atoms with Gasteiger partial charge in [0.15, 0.2) is 0 Å². The summed E-state index contributed by atoms with van der Waals surface area (Å²) in [6.07, 6.45) is 4.60. The number of hydrogen-bond acceptors (Lipinski definition) is 9. The van der Waals surface area contributed by atoms with Crippen molar-refractivity contribution in [1.29, 1.82) is 0 Å². The summed E-state index contributed by atoms with van der Waals surface area (Å²) in [6.45, 7) is 11.4. The number of halogens is 1. The molecule has 1 aliphatic rings. The average molecular weight is 706 g/mol. The van der Waals surface area contributed by atoms with E-state index in [2.05, 4.69) is 31.1 Å².